The lowest BCUT2D eigenvalue weighted by molar-refractivity contribution is 0.498. The van der Waals surface area contributed by atoms with Gasteiger partial charge in [0.05, 0.1) is 6.26 Å². The van der Waals surface area contributed by atoms with Crippen molar-refractivity contribution in [1.29, 1.82) is 0 Å². The van der Waals surface area contributed by atoms with Gasteiger partial charge in [-0.1, -0.05) is 25.5 Å². The molecule has 1 aliphatic carbocycles. The number of rotatable bonds is 3. The van der Waals surface area contributed by atoms with Crippen LogP contribution in [0, 0.1) is 0 Å². The number of allylic oxidation sites excluding steroid dienone is 1. The number of hydrogen-bond acceptors (Lipinski definition) is 1. The Balaban J connectivity index is 2.16. The van der Waals surface area contributed by atoms with Crippen molar-refractivity contribution in [2.24, 2.45) is 0 Å². The monoisotopic (exact) mass is 162 g/mol. The zero-order chi connectivity index (χ0) is 8.39. The Kier molecular flexibility index (Phi) is 2.03. The Bertz CT molecular complexity index is 294. The summed E-state index contributed by atoms with van der Waals surface area (Å²) in [6, 6.07) is 0. The van der Waals surface area contributed by atoms with Crippen molar-refractivity contribution in [2.75, 3.05) is 0 Å². The molecule has 1 aromatic rings. The van der Waals surface area contributed by atoms with Crippen LogP contribution in [0.15, 0.2) is 16.8 Å². The molecule has 1 aliphatic rings. The number of hydrogen-bond donors (Lipinski definition) is 0. The Morgan fingerprint density at radius 2 is 2.42 bits per heavy atom. The van der Waals surface area contributed by atoms with Gasteiger partial charge < -0.3 is 4.42 Å². The van der Waals surface area contributed by atoms with Crippen LogP contribution in [-0.4, -0.2) is 0 Å². The largest absolute Gasteiger partial charge is 0.468 e. The summed E-state index contributed by atoms with van der Waals surface area (Å²) >= 11 is 0. The molecule has 0 saturated heterocycles. The van der Waals surface area contributed by atoms with E-state index in [4.69, 9.17) is 4.42 Å². The van der Waals surface area contributed by atoms with Gasteiger partial charge in [0.1, 0.15) is 5.76 Å². The zero-order valence-corrected chi connectivity index (χ0v) is 7.47. The van der Waals surface area contributed by atoms with Crippen LogP contribution in [0.3, 0.4) is 0 Å². The van der Waals surface area contributed by atoms with Gasteiger partial charge in [-0.3, -0.25) is 0 Å². The number of unbranched alkanes of at least 4 members (excludes halogenated alkanes) is 1. The minimum atomic E-state index is 1.06. The fourth-order valence-corrected chi connectivity index (χ4v) is 1.64. The van der Waals surface area contributed by atoms with Crippen molar-refractivity contribution in [2.45, 2.75) is 32.6 Å². The maximum atomic E-state index is 5.49. The van der Waals surface area contributed by atoms with E-state index < -0.39 is 0 Å². The van der Waals surface area contributed by atoms with Crippen LogP contribution in [0.25, 0.3) is 6.08 Å². The van der Waals surface area contributed by atoms with Crippen LogP contribution in [0.2, 0.25) is 0 Å². The van der Waals surface area contributed by atoms with E-state index in [9.17, 15) is 0 Å². The van der Waals surface area contributed by atoms with Crippen LogP contribution in [0.1, 0.15) is 36.7 Å². The third kappa shape index (κ3) is 1.20. The molecule has 1 heterocycles. The van der Waals surface area contributed by atoms with Crippen LogP contribution in [0.5, 0.6) is 0 Å². The quantitative estimate of drug-likeness (QED) is 0.665. The van der Waals surface area contributed by atoms with Crippen LogP contribution in [-0.2, 0) is 12.8 Å². The molecule has 0 aromatic carbocycles. The van der Waals surface area contributed by atoms with Gasteiger partial charge in [0.25, 0.3) is 0 Å². The Labute approximate surface area is 73.1 Å². The minimum Gasteiger partial charge on any atom is -0.468 e. The van der Waals surface area contributed by atoms with Crippen molar-refractivity contribution in [3.05, 3.63) is 29.2 Å². The molecule has 64 valence electrons. The summed E-state index contributed by atoms with van der Waals surface area (Å²) in [6.07, 6.45) is 10.9. The van der Waals surface area contributed by atoms with E-state index in [0.717, 1.165) is 12.8 Å². The van der Waals surface area contributed by atoms with E-state index in [1.54, 1.807) is 0 Å². The second-order valence-corrected chi connectivity index (χ2v) is 3.31. The topological polar surface area (TPSA) is 13.1 Å². The molecule has 0 atom stereocenters. The number of aryl methyl sites for hydroxylation is 1. The predicted molar refractivity (Wildman–Crippen MR) is 50.1 cm³/mol. The van der Waals surface area contributed by atoms with Crippen LogP contribution < -0.4 is 0 Å². The Morgan fingerprint density at radius 1 is 1.50 bits per heavy atom. The Morgan fingerprint density at radius 3 is 3.25 bits per heavy atom. The van der Waals surface area contributed by atoms with Crippen molar-refractivity contribution in [3.63, 3.8) is 0 Å². The summed E-state index contributed by atoms with van der Waals surface area (Å²) in [5.41, 5.74) is 2.71. The van der Waals surface area contributed by atoms with Crippen molar-refractivity contribution >= 4 is 6.08 Å². The van der Waals surface area contributed by atoms with Gasteiger partial charge in [0.2, 0.25) is 0 Å². The molecule has 0 unspecified atom stereocenters. The highest BCUT2D eigenvalue weighted by Gasteiger charge is 2.13. The SMILES string of the molecule is CCCCc1occ2c1C=CC2. The number of fused-ring (bicyclic) bond motifs is 1. The highest BCUT2D eigenvalue weighted by molar-refractivity contribution is 5.61. The molecule has 0 N–H and O–H groups in total. The van der Waals surface area contributed by atoms with E-state index in [0.29, 0.717) is 0 Å². The lowest BCUT2D eigenvalue weighted by atomic mass is 10.1. The fourth-order valence-electron chi connectivity index (χ4n) is 1.64. The molecule has 0 radical (unpaired) electrons. The average Bonchev–Trinajstić information content (AvgIpc) is 2.62. The standard InChI is InChI=1S/C11H14O/c1-2-3-7-11-10-6-4-5-9(10)8-12-11/h4,6,8H,2-3,5,7H2,1H3. The van der Waals surface area contributed by atoms with Crippen LogP contribution >= 0.6 is 0 Å². The molecule has 1 heteroatoms. The normalized spacial score (nSPS) is 13.8. The summed E-state index contributed by atoms with van der Waals surface area (Å²) in [4.78, 5) is 0. The molecule has 0 bridgehead atoms. The maximum absolute atomic E-state index is 5.49. The smallest absolute Gasteiger partial charge is 0.111 e. The Hall–Kier alpha value is -0.980. The highest BCUT2D eigenvalue weighted by atomic mass is 16.3. The lowest BCUT2D eigenvalue weighted by Crippen LogP contribution is -1.83. The average molecular weight is 162 g/mol. The van der Waals surface area contributed by atoms with E-state index in [2.05, 4.69) is 19.1 Å². The molecule has 12 heavy (non-hydrogen) atoms. The molecule has 0 aliphatic heterocycles. The lowest BCUT2D eigenvalue weighted by Gasteiger charge is -1.95. The van der Waals surface area contributed by atoms with Gasteiger partial charge in [0, 0.05) is 17.5 Å². The first-order chi connectivity index (χ1) is 5.92. The summed E-state index contributed by atoms with van der Waals surface area (Å²) in [5, 5.41) is 0. The van der Waals surface area contributed by atoms with Crippen LogP contribution in [0.4, 0.5) is 0 Å². The van der Waals surface area contributed by atoms with Gasteiger partial charge in [-0.15, -0.1) is 0 Å². The molecule has 0 fully saturated rings. The molecule has 1 nitrogen and oxygen atoms in total. The van der Waals surface area contributed by atoms with Crippen molar-refractivity contribution in [3.8, 4) is 0 Å². The number of furan rings is 1. The summed E-state index contributed by atoms with van der Waals surface area (Å²) in [7, 11) is 0. The summed E-state index contributed by atoms with van der Waals surface area (Å²) in [5.74, 6) is 1.18. The van der Waals surface area contributed by atoms with E-state index in [1.165, 1.54) is 29.7 Å². The van der Waals surface area contributed by atoms with E-state index in [-0.39, 0.29) is 0 Å². The van der Waals surface area contributed by atoms with E-state index >= 15 is 0 Å². The van der Waals surface area contributed by atoms with Gasteiger partial charge in [-0.2, -0.15) is 0 Å². The molecule has 0 saturated carbocycles. The second kappa shape index (κ2) is 3.18. The zero-order valence-electron chi connectivity index (χ0n) is 7.47. The predicted octanol–water partition coefficient (Wildman–Crippen LogP) is 3.19. The molecule has 0 spiro atoms. The highest BCUT2D eigenvalue weighted by Crippen LogP contribution is 2.26. The third-order valence-electron chi connectivity index (χ3n) is 2.37. The first-order valence-electron chi connectivity index (χ1n) is 4.67. The third-order valence-corrected chi connectivity index (χ3v) is 2.37. The molecule has 0 amide bonds. The summed E-state index contributed by atoms with van der Waals surface area (Å²) in [6.45, 7) is 2.21. The van der Waals surface area contributed by atoms with Gasteiger partial charge >= 0.3 is 0 Å². The molecular formula is C11H14O. The van der Waals surface area contributed by atoms with E-state index in [1.807, 2.05) is 6.26 Å². The molecule has 2 rings (SSSR count). The van der Waals surface area contributed by atoms with Crippen molar-refractivity contribution in [1.82, 2.24) is 0 Å². The van der Waals surface area contributed by atoms with Gasteiger partial charge in [-0.05, 0) is 12.8 Å². The first-order valence-corrected chi connectivity index (χ1v) is 4.67. The van der Waals surface area contributed by atoms with Gasteiger partial charge in [-0.25, -0.2) is 0 Å². The molecule has 1 aromatic heterocycles. The minimum absolute atomic E-state index is 1.06. The summed E-state index contributed by atoms with van der Waals surface area (Å²) < 4.78 is 5.49. The fraction of sp³-hybridized carbons (Fsp3) is 0.455. The van der Waals surface area contributed by atoms with Gasteiger partial charge in [0.15, 0.2) is 0 Å². The maximum Gasteiger partial charge on any atom is 0.111 e. The van der Waals surface area contributed by atoms with Crippen molar-refractivity contribution < 1.29 is 4.42 Å². The molecular weight excluding hydrogens is 148 g/mol. The first kappa shape index (κ1) is 7.66. The second-order valence-electron chi connectivity index (χ2n) is 3.31.